The predicted molar refractivity (Wildman–Crippen MR) is 111 cm³/mol. The molecule has 1 aliphatic heterocycles. The summed E-state index contributed by atoms with van der Waals surface area (Å²) in [5.74, 6) is 1.49. The van der Waals surface area contributed by atoms with Crippen molar-refractivity contribution in [2.24, 2.45) is 18.7 Å². The number of hydrogen-bond acceptors (Lipinski definition) is 4. The molecule has 4 rings (SSSR count). The highest BCUT2D eigenvalue weighted by molar-refractivity contribution is 5.81. The highest BCUT2D eigenvalue weighted by Gasteiger charge is 2.20. The molecule has 3 heterocycles. The number of fused-ring (bicyclic) bond motifs is 1. The van der Waals surface area contributed by atoms with Crippen molar-refractivity contribution in [3.8, 4) is 11.4 Å². The van der Waals surface area contributed by atoms with E-state index < -0.39 is 0 Å². The second kappa shape index (κ2) is 7.89. The molecule has 1 aliphatic rings. The number of rotatable bonds is 5. The van der Waals surface area contributed by atoms with Crippen molar-refractivity contribution in [3.63, 3.8) is 0 Å². The van der Waals surface area contributed by atoms with Crippen molar-refractivity contribution in [2.75, 3.05) is 19.8 Å². The highest BCUT2D eigenvalue weighted by Crippen LogP contribution is 2.29. The molecule has 0 unspecified atom stereocenters. The molecule has 6 heteroatoms. The van der Waals surface area contributed by atoms with Crippen LogP contribution in [0.1, 0.15) is 24.0 Å². The lowest BCUT2D eigenvalue weighted by molar-refractivity contribution is 0.0617. The van der Waals surface area contributed by atoms with Gasteiger partial charge in [0.25, 0.3) is 5.56 Å². The summed E-state index contributed by atoms with van der Waals surface area (Å²) in [5, 5.41) is 0. The fraction of sp³-hybridized carbons (Fsp3) is 0.455. The molecule has 0 spiro atoms. The number of nitrogens with two attached hydrogens (primary N) is 1. The van der Waals surface area contributed by atoms with Gasteiger partial charge in [0.2, 0.25) is 0 Å². The molecule has 0 atom stereocenters. The second-order valence-corrected chi connectivity index (χ2v) is 7.79. The number of benzene rings is 1. The summed E-state index contributed by atoms with van der Waals surface area (Å²) in [6.07, 6.45) is 4.86. The first-order valence-electron chi connectivity index (χ1n) is 10.0. The third kappa shape index (κ3) is 3.62. The Morgan fingerprint density at radius 3 is 2.75 bits per heavy atom. The van der Waals surface area contributed by atoms with E-state index in [-0.39, 0.29) is 5.56 Å². The molecule has 6 nitrogen and oxygen atoms in total. The molecule has 0 bridgehead atoms. The Bertz CT molecular complexity index is 1020. The van der Waals surface area contributed by atoms with E-state index in [9.17, 15) is 4.79 Å². The summed E-state index contributed by atoms with van der Waals surface area (Å²) in [6.45, 7) is 5.05. The highest BCUT2D eigenvalue weighted by atomic mass is 16.5. The monoisotopic (exact) mass is 380 g/mol. The predicted octanol–water partition coefficient (Wildman–Crippen LogP) is 2.64. The SMILES string of the molecule is Cc1cc(-c2nc3cc(CCN)ccc3n2CC2CCOCC2)cn(C)c1=O. The van der Waals surface area contributed by atoms with Crippen molar-refractivity contribution in [3.05, 3.63) is 51.9 Å². The molecule has 0 aliphatic carbocycles. The summed E-state index contributed by atoms with van der Waals surface area (Å²) >= 11 is 0. The maximum Gasteiger partial charge on any atom is 0.253 e. The third-order valence-corrected chi connectivity index (χ3v) is 5.65. The topological polar surface area (TPSA) is 75.1 Å². The number of ether oxygens (including phenoxy) is 1. The van der Waals surface area contributed by atoms with Crippen LogP contribution in [0, 0.1) is 12.8 Å². The Morgan fingerprint density at radius 1 is 1.25 bits per heavy atom. The van der Waals surface area contributed by atoms with Crippen LogP contribution < -0.4 is 11.3 Å². The number of aromatic nitrogens is 3. The lowest BCUT2D eigenvalue weighted by Gasteiger charge is -2.23. The summed E-state index contributed by atoms with van der Waals surface area (Å²) in [7, 11) is 1.80. The van der Waals surface area contributed by atoms with Crippen LogP contribution in [0.5, 0.6) is 0 Å². The minimum Gasteiger partial charge on any atom is -0.381 e. The lowest BCUT2D eigenvalue weighted by atomic mass is 10.00. The Hall–Kier alpha value is -2.44. The number of pyridine rings is 1. The number of nitrogens with zero attached hydrogens (tertiary/aromatic N) is 3. The zero-order valence-corrected chi connectivity index (χ0v) is 16.6. The fourth-order valence-electron chi connectivity index (χ4n) is 4.09. The number of imidazole rings is 1. The Morgan fingerprint density at radius 2 is 2.04 bits per heavy atom. The maximum absolute atomic E-state index is 12.2. The average Bonchev–Trinajstić information content (AvgIpc) is 3.04. The van der Waals surface area contributed by atoms with Gasteiger partial charge in [0.1, 0.15) is 5.82 Å². The van der Waals surface area contributed by atoms with Gasteiger partial charge >= 0.3 is 0 Å². The molecular formula is C22H28N4O2. The van der Waals surface area contributed by atoms with Crippen LogP contribution in [0.3, 0.4) is 0 Å². The quantitative estimate of drug-likeness (QED) is 0.738. The van der Waals surface area contributed by atoms with Crippen molar-refractivity contribution in [1.29, 1.82) is 0 Å². The molecule has 3 aromatic rings. The van der Waals surface area contributed by atoms with E-state index in [2.05, 4.69) is 22.8 Å². The third-order valence-electron chi connectivity index (χ3n) is 5.65. The molecule has 2 N–H and O–H groups in total. The Kier molecular flexibility index (Phi) is 5.33. The largest absolute Gasteiger partial charge is 0.381 e. The van der Waals surface area contributed by atoms with Crippen LogP contribution in [0.15, 0.2) is 35.3 Å². The molecule has 0 radical (unpaired) electrons. The first-order chi connectivity index (χ1) is 13.6. The van der Waals surface area contributed by atoms with Crippen LogP contribution in [-0.4, -0.2) is 33.9 Å². The fourth-order valence-corrected chi connectivity index (χ4v) is 4.09. The van der Waals surface area contributed by atoms with Crippen molar-refractivity contribution in [1.82, 2.24) is 14.1 Å². The molecule has 1 saturated heterocycles. The minimum absolute atomic E-state index is 0.0288. The molecule has 0 amide bonds. The van der Waals surface area contributed by atoms with Crippen molar-refractivity contribution in [2.45, 2.75) is 32.7 Å². The summed E-state index contributed by atoms with van der Waals surface area (Å²) in [6, 6.07) is 8.39. The van der Waals surface area contributed by atoms with E-state index in [0.717, 1.165) is 67.0 Å². The molecule has 1 aromatic carbocycles. The smallest absolute Gasteiger partial charge is 0.253 e. The van der Waals surface area contributed by atoms with E-state index in [4.69, 9.17) is 15.5 Å². The van der Waals surface area contributed by atoms with Crippen LogP contribution in [0.2, 0.25) is 0 Å². The van der Waals surface area contributed by atoms with Crippen LogP contribution in [0.25, 0.3) is 22.4 Å². The molecule has 1 fully saturated rings. The zero-order valence-electron chi connectivity index (χ0n) is 16.6. The molecule has 2 aromatic heterocycles. The van der Waals surface area contributed by atoms with E-state index in [1.165, 1.54) is 5.56 Å². The summed E-state index contributed by atoms with van der Waals surface area (Å²) in [5.41, 5.74) is 10.8. The Labute approximate surface area is 164 Å². The van der Waals surface area contributed by atoms with Crippen molar-refractivity contribution >= 4 is 11.0 Å². The zero-order chi connectivity index (χ0) is 19.7. The van der Waals surface area contributed by atoms with Gasteiger partial charge in [-0.3, -0.25) is 4.79 Å². The van der Waals surface area contributed by atoms with E-state index in [1.54, 1.807) is 11.6 Å². The number of aryl methyl sites for hydroxylation is 2. The molecule has 0 saturated carbocycles. The second-order valence-electron chi connectivity index (χ2n) is 7.79. The molecular weight excluding hydrogens is 352 g/mol. The standard InChI is InChI=1S/C22H28N4O2/c1-15-11-18(14-25(2)22(15)27)21-24-19-12-16(5-8-23)3-4-20(19)26(21)13-17-6-9-28-10-7-17/h3-4,11-12,14,17H,5-10,13,23H2,1-2H3. The normalized spacial score (nSPS) is 15.4. The lowest BCUT2D eigenvalue weighted by Crippen LogP contribution is -2.21. The first kappa shape index (κ1) is 18.9. The van der Waals surface area contributed by atoms with Gasteiger partial charge in [-0.25, -0.2) is 4.98 Å². The van der Waals surface area contributed by atoms with E-state index in [1.807, 2.05) is 19.2 Å². The van der Waals surface area contributed by atoms with E-state index >= 15 is 0 Å². The molecule has 28 heavy (non-hydrogen) atoms. The van der Waals surface area contributed by atoms with Gasteiger partial charge in [0, 0.05) is 44.1 Å². The molecule has 148 valence electrons. The summed E-state index contributed by atoms with van der Waals surface area (Å²) < 4.78 is 9.49. The Balaban J connectivity index is 1.85. The van der Waals surface area contributed by atoms with Gasteiger partial charge in [0.15, 0.2) is 0 Å². The number of hydrogen-bond donors (Lipinski definition) is 1. The average molecular weight is 380 g/mol. The van der Waals surface area contributed by atoms with Crippen LogP contribution in [0.4, 0.5) is 0 Å². The van der Waals surface area contributed by atoms with Crippen LogP contribution in [-0.2, 0) is 24.8 Å². The minimum atomic E-state index is 0.0288. The van der Waals surface area contributed by atoms with Gasteiger partial charge in [-0.05, 0) is 62.4 Å². The van der Waals surface area contributed by atoms with Gasteiger partial charge < -0.3 is 19.6 Å². The first-order valence-corrected chi connectivity index (χ1v) is 10.0. The van der Waals surface area contributed by atoms with Crippen molar-refractivity contribution < 1.29 is 4.74 Å². The maximum atomic E-state index is 12.2. The van der Waals surface area contributed by atoms with Gasteiger partial charge in [-0.2, -0.15) is 0 Å². The van der Waals surface area contributed by atoms with Gasteiger partial charge in [-0.15, -0.1) is 0 Å². The van der Waals surface area contributed by atoms with E-state index in [0.29, 0.717) is 12.5 Å². The summed E-state index contributed by atoms with van der Waals surface area (Å²) in [4.78, 5) is 17.1. The van der Waals surface area contributed by atoms with Crippen LogP contribution >= 0.6 is 0 Å². The van der Waals surface area contributed by atoms with Gasteiger partial charge in [0.05, 0.1) is 11.0 Å². The van der Waals surface area contributed by atoms with Gasteiger partial charge in [-0.1, -0.05) is 6.07 Å².